The van der Waals surface area contributed by atoms with Crippen LogP contribution in [0.15, 0.2) is 29.1 Å². The van der Waals surface area contributed by atoms with Gasteiger partial charge in [0, 0.05) is 17.8 Å². The first-order valence-corrected chi connectivity index (χ1v) is 8.10. The number of anilines is 1. The van der Waals surface area contributed by atoms with Gasteiger partial charge in [-0.05, 0) is 18.6 Å². The molecule has 0 amide bonds. The van der Waals surface area contributed by atoms with Gasteiger partial charge < -0.3 is 10.1 Å². The number of halogens is 2. The summed E-state index contributed by atoms with van der Waals surface area (Å²) < 4.78 is 32.7. The molecule has 3 rings (SSSR count). The van der Waals surface area contributed by atoms with Crippen molar-refractivity contribution in [1.82, 2.24) is 14.6 Å². The van der Waals surface area contributed by atoms with Gasteiger partial charge in [0.2, 0.25) is 10.1 Å². The zero-order chi connectivity index (χ0) is 17.1. The number of fused-ring (bicyclic) bond motifs is 1. The maximum absolute atomic E-state index is 13.4. The number of hydrogen-bond donors (Lipinski definition) is 1. The van der Waals surface area contributed by atoms with Crippen molar-refractivity contribution < 1.29 is 13.5 Å². The number of nitrogens with one attached hydrogen (secondary N) is 1. The van der Waals surface area contributed by atoms with E-state index < -0.39 is 11.6 Å². The summed E-state index contributed by atoms with van der Waals surface area (Å²) in [4.78, 5) is 16.7. The van der Waals surface area contributed by atoms with Gasteiger partial charge in [0.1, 0.15) is 12.4 Å². The summed E-state index contributed by atoms with van der Waals surface area (Å²) in [5, 5.41) is 7.63. The van der Waals surface area contributed by atoms with Crippen LogP contribution in [-0.2, 0) is 6.42 Å². The van der Waals surface area contributed by atoms with Crippen LogP contribution in [0.3, 0.4) is 0 Å². The molecular weight excluding hydrogens is 338 g/mol. The number of aryl methyl sites for hydroxylation is 1. The Morgan fingerprint density at radius 1 is 1.33 bits per heavy atom. The molecule has 2 aromatic heterocycles. The molecule has 0 aliphatic rings. The Balaban J connectivity index is 1.61. The zero-order valence-corrected chi connectivity index (χ0v) is 13.6. The van der Waals surface area contributed by atoms with Gasteiger partial charge in [-0.3, -0.25) is 4.79 Å². The van der Waals surface area contributed by atoms with E-state index in [9.17, 15) is 13.6 Å². The molecule has 3 aromatic rings. The van der Waals surface area contributed by atoms with Crippen molar-refractivity contribution in [2.75, 3.05) is 18.5 Å². The van der Waals surface area contributed by atoms with Crippen LogP contribution in [0.1, 0.15) is 12.6 Å². The van der Waals surface area contributed by atoms with Gasteiger partial charge in [-0.15, -0.1) is 5.10 Å². The highest BCUT2D eigenvalue weighted by molar-refractivity contribution is 7.20. The Hall–Kier alpha value is -2.55. The Morgan fingerprint density at radius 3 is 2.92 bits per heavy atom. The molecule has 1 N–H and O–H groups in total. The lowest BCUT2D eigenvalue weighted by Gasteiger charge is -2.07. The van der Waals surface area contributed by atoms with E-state index in [1.807, 2.05) is 6.92 Å². The van der Waals surface area contributed by atoms with Crippen LogP contribution >= 0.6 is 11.3 Å². The van der Waals surface area contributed by atoms with Crippen LogP contribution in [0, 0.1) is 11.6 Å². The SMILES string of the molecule is CCc1cc(=O)n2nc(NCCOc3ccc(F)cc3F)sc2n1. The average molecular weight is 352 g/mol. The molecule has 2 heterocycles. The van der Waals surface area contributed by atoms with E-state index >= 15 is 0 Å². The third kappa shape index (κ3) is 3.51. The average Bonchev–Trinajstić information content (AvgIpc) is 2.96. The Bertz CT molecular complexity index is 925. The zero-order valence-electron chi connectivity index (χ0n) is 12.8. The minimum absolute atomic E-state index is 0.0204. The summed E-state index contributed by atoms with van der Waals surface area (Å²) in [5.74, 6) is -1.43. The lowest BCUT2D eigenvalue weighted by atomic mass is 10.3. The van der Waals surface area contributed by atoms with Crippen molar-refractivity contribution in [3.05, 3.63) is 51.9 Å². The molecular formula is C15H14F2N4O2S. The van der Waals surface area contributed by atoms with Crippen molar-refractivity contribution in [3.63, 3.8) is 0 Å². The monoisotopic (exact) mass is 352 g/mol. The first-order chi connectivity index (χ1) is 11.6. The second kappa shape index (κ2) is 6.91. The molecule has 0 saturated heterocycles. The van der Waals surface area contributed by atoms with Gasteiger partial charge in [0.15, 0.2) is 11.6 Å². The van der Waals surface area contributed by atoms with Gasteiger partial charge in [0.25, 0.3) is 5.56 Å². The van der Waals surface area contributed by atoms with E-state index in [0.717, 1.165) is 12.1 Å². The van der Waals surface area contributed by atoms with E-state index in [0.29, 0.717) is 28.8 Å². The van der Waals surface area contributed by atoms with Crippen molar-refractivity contribution in [1.29, 1.82) is 0 Å². The lowest BCUT2D eigenvalue weighted by Crippen LogP contribution is -2.16. The van der Waals surface area contributed by atoms with Crippen LogP contribution in [0.2, 0.25) is 0 Å². The molecule has 0 fully saturated rings. The summed E-state index contributed by atoms with van der Waals surface area (Å²) in [6.45, 7) is 2.41. The number of rotatable bonds is 6. The number of benzene rings is 1. The minimum Gasteiger partial charge on any atom is -0.489 e. The Morgan fingerprint density at radius 2 is 2.17 bits per heavy atom. The maximum atomic E-state index is 13.4. The van der Waals surface area contributed by atoms with Crippen LogP contribution < -0.4 is 15.6 Å². The molecule has 0 unspecified atom stereocenters. The van der Waals surface area contributed by atoms with Crippen LogP contribution in [-0.4, -0.2) is 27.7 Å². The second-order valence-corrected chi connectivity index (χ2v) is 5.85. The van der Waals surface area contributed by atoms with Crippen molar-refractivity contribution in [2.45, 2.75) is 13.3 Å². The van der Waals surface area contributed by atoms with Crippen molar-refractivity contribution in [2.24, 2.45) is 0 Å². The van der Waals surface area contributed by atoms with Gasteiger partial charge >= 0.3 is 0 Å². The van der Waals surface area contributed by atoms with E-state index in [-0.39, 0.29) is 17.9 Å². The van der Waals surface area contributed by atoms with E-state index in [1.54, 1.807) is 0 Å². The fourth-order valence-corrected chi connectivity index (χ4v) is 2.87. The van der Waals surface area contributed by atoms with Crippen molar-refractivity contribution >= 4 is 21.4 Å². The Labute approximate surface area is 139 Å². The highest BCUT2D eigenvalue weighted by Gasteiger charge is 2.08. The van der Waals surface area contributed by atoms with Gasteiger partial charge in [0.05, 0.1) is 6.54 Å². The molecule has 0 aliphatic carbocycles. The van der Waals surface area contributed by atoms with Gasteiger partial charge in [-0.2, -0.15) is 4.52 Å². The standard InChI is InChI=1S/C15H14F2N4O2S/c1-2-10-8-13(22)21-15(19-10)24-14(20-21)18-5-6-23-12-4-3-9(16)7-11(12)17/h3-4,7-8H,2,5-6H2,1H3,(H,18,20). The first-order valence-electron chi connectivity index (χ1n) is 7.28. The third-order valence-corrected chi connectivity index (χ3v) is 4.06. The molecule has 6 nitrogen and oxygen atoms in total. The number of aromatic nitrogens is 3. The number of nitrogens with zero attached hydrogens (tertiary/aromatic N) is 3. The highest BCUT2D eigenvalue weighted by atomic mass is 32.1. The number of hydrogen-bond acceptors (Lipinski definition) is 6. The summed E-state index contributed by atoms with van der Waals surface area (Å²) >= 11 is 1.24. The molecule has 24 heavy (non-hydrogen) atoms. The fourth-order valence-electron chi connectivity index (χ4n) is 2.02. The van der Waals surface area contributed by atoms with Crippen LogP contribution in [0.25, 0.3) is 4.96 Å². The molecule has 1 aromatic carbocycles. The lowest BCUT2D eigenvalue weighted by molar-refractivity contribution is 0.314. The van der Waals surface area contributed by atoms with Crippen LogP contribution in [0.5, 0.6) is 5.75 Å². The van der Waals surface area contributed by atoms with Crippen LogP contribution in [0.4, 0.5) is 13.9 Å². The second-order valence-electron chi connectivity index (χ2n) is 4.89. The number of ether oxygens (including phenoxy) is 1. The topological polar surface area (TPSA) is 68.5 Å². The normalized spacial score (nSPS) is 11.0. The molecule has 0 atom stereocenters. The summed E-state index contributed by atoms with van der Waals surface area (Å²) in [6.07, 6.45) is 0.670. The Kier molecular flexibility index (Phi) is 4.70. The molecule has 0 aliphatic heterocycles. The molecule has 9 heteroatoms. The predicted octanol–water partition coefficient (Wildman–Crippen LogP) is 2.48. The minimum atomic E-state index is -0.752. The van der Waals surface area contributed by atoms with E-state index in [2.05, 4.69) is 15.4 Å². The summed E-state index contributed by atoms with van der Waals surface area (Å²) in [6, 6.07) is 4.58. The first kappa shape index (κ1) is 16.3. The van der Waals surface area contributed by atoms with Gasteiger partial charge in [-0.25, -0.2) is 13.8 Å². The molecule has 126 valence electrons. The van der Waals surface area contributed by atoms with E-state index in [4.69, 9.17) is 4.74 Å². The predicted molar refractivity (Wildman–Crippen MR) is 86.9 cm³/mol. The van der Waals surface area contributed by atoms with Gasteiger partial charge in [-0.1, -0.05) is 18.3 Å². The molecule has 0 spiro atoms. The quantitative estimate of drug-likeness (QED) is 0.691. The summed E-state index contributed by atoms with van der Waals surface area (Å²) in [5.41, 5.74) is 0.483. The molecule has 0 bridgehead atoms. The molecule has 0 radical (unpaired) electrons. The highest BCUT2D eigenvalue weighted by Crippen LogP contribution is 2.18. The molecule has 0 saturated carbocycles. The largest absolute Gasteiger partial charge is 0.489 e. The van der Waals surface area contributed by atoms with E-state index in [1.165, 1.54) is 28.0 Å². The third-order valence-electron chi connectivity index (χ3n) is 3.19. The fraction of sp³-hybridized carbons (Fsp3) is 0.267. The van der Waals surface area contributed by atoms with Crippen molar-refractivity contribution in [3.8, 4) is 5.75 Å². The summed E-state index contributed by atoms with van der Waals surface area (Å²) in [7, 11) is 0. The smallest absolute Gasteiger partial charge is 0.275 e. The maximum Gasteiger partial charge on any atom is 0.275 e.